The van der Waals surface area contributed by atoms with Gasteiger partial charge in [0.25, 0.3) is 0 Å². The van der Waals surface area contributed by atoms with E-state index in [1.165, 1.54) is 0 Å². The van der Waals surface area contributed by atoms with Gasteiger partial charge in [0.1, 0.15) is 0 Å². The van der Waals surface area contributed by atoms with E-state index in [2.05, 4.69) is 31.6 Å². The minimum absolute atomic E-state index is 0.102. The first kappa shape index (κ1) is 16.2. The second-order valence-corrected chi connectivity index (χ2v) is 8.69. The van der Waals surface area contributed by atoms with Crippen LogP contribution >= 0.6 is 0 Å². The van der Waals surface area contributed by atoms with E-state index in [-0.39, 0.29) is 11.5 Å². The summed E-state index contributed by atoms with van der Waals surface area (Å²) < 4.78 is 27.5. The van der Waals surface area contributed by atoms with E-state index in [0.717, 1.165) is 18.4 Å². The Labute approximate surface area is 128 Å². The van der Waals surface area contributed by atoms with Crippen LogP contribution < -0.4 is 4.72 Å². The van der Waals surface area contributed by atoms with Gasteiger partial charge in [0.05, 0.1) is 4.90 Å². The number of benzene rings is 1. The van der Waals surface area contributed by atoms with Crippen molar-refractivity contribution < 1.29 is 8.42 Å². The van der Waals surface area contributed by atoms with Crippen LogP contribution in [0.4, 0.5) is 0 Å². The summed E-state index contributed by atoms with van der Waals surface area (Å²) in [5, 5.41) is 0. The van der Waals surface area contributed by atoms with Crippen LogP contribution in [0.1, 0.15) is 39.2 Å². The summed E-state index contributed by atoms with van der Waals surface area (Å²) in [6, 6.07) is 6.85. The normalized spacial score (nSPS) is 23.2. The standard InChI is InChI=1S/C17H25NO2S/c1-13-5-11-16(12-6-13)21(19,20)18-15-9-7-14(8-10-15)17(2,3)4/h5-7,9,11-12,14-15,18H,8,10H2,1-4H3/t14-,15-/m1/s1. The van der Waals surface area contributed by atoms with Crippen molar-refractivity contribution in [3.05, 3.63) is 42.0 Å². The van der Waals surface area contributed by atoms with Crippen LogP contribution in [0.5, 0.6) is 0 Å². The van der Waals surface area contributed by atoms with Crippen molar-refractivity contribution >= 4 is 10.0 Å². The molecule has 0 fully saturated rings. The molecule has 116 valence electrons. The van der Waals surface area contributed by atoms with Crippen molar-refractivity contribution in [1.82, 2.24) is 4.72 Å². The van der Waals surface area contributed by atoms with Crippen molar-refractivity contribution in [2.45, 2.75) is 51.5 Å². The van der Waals surface area contributed by atoms with E-state index in [4.69, 9.17) is 0 Å². The Morgan fingerprint density at radius 3 is 2.14 bits per heavy atom. The molecule has 1 N–H and O–H groups in total. The molecule has 0 saturated carbocycles. The monoisotopic (exact) mass is 307 g/mol. The Kier molecular flexibility index (Phi) is 4.59. The third kappa shape index (κ3) is 4.17. The summed E-state index contributed by atoms with van der Waals surface area (Å²) in [6.07, 6.45) is 6.03. The van der Waals surface area contributed by atoms with Crippen molar-refractivity contribution in [3.63, 3.8) is 0 Å². The highest BCUT2D eigenvalue weighted by Gasteiger charge is 2.27. The largest absolute Gasteiger partial charge is 0.241 e. The van der Waals surface area contributed by atoms with Gasteiger partial charge in [-0.15, -0.1) is 0 Å². The quantitative estimate of drug-likeness (QED) is 0.866. The molecule has 1 aromatic rings. The van der Waals surface area contributed by atoms with Crippen LogP contribution in [0.15, 0.2) is 41.3 Å². The van der Waals surface area contributed by atoms with Gasteiger partial charge in [-0.3, -0.25) is 0 Å². The Balaban J connectivity index is 2.07. The first-order valence-electron chi connectivity index (χ1n) is 7.46. The van der Waals surface area contributed by atoms with Crippen LogP contribution in [-0.2, 0) is 10.0 Å². The third-order valence-corrected chi connectivity index (χ3v) is 5.62. The predicted molar refractivity (Wildman–Crippen MR) is 86.6 cm³/mol. The fourth-order valence-corrected chi connectivity index (χ4v) is 3.85. The van der Waals surface area contributed by atoms with Gasteiger partial charge in [0.2, 0.25) is 10.0 Å². The zero-order chi connectivity index (χ0) is 15.7. The number of aryl methyl sites for hydroxylation is 1. The van der Waals surface area contributed by atoms with Gasteiger partial charge in [0, 0.05) is 6.04 Å². The molecule has 2 atom stereocenters. The lowest BCUT2D eigenvalue weighted by Gasteiger charge is -2.32. The first-order valence-corrected chi connectivity index (χ1v) is 8.94. The van der Waals surface area contributed by atoms with E-state index in [9.17, 15) is 8.42 Å². The molecule has 2 rings (SSSR count). The SMILES string of the molecule is Cc1ccc(S(=O)(=O)N[C@@H]2C=C[C@@H](C(C)(C)C)CC2)cc1. The van der Waals surface area contributed by atoms with E-state index in [1.807, 2.05) is 25.1 Å². The zero-order valence-corrected chi connectivity index (χ0v) is 14.1. The summed E-state index contributed by atoms with van der Waals surface area (Å²) >= 11 is 0. The van der Waals surface area contributed by atoms with Crippen LogP contribution in [0.3, 0.4) is 0 Å². The van der Waals surface area contributed by atoms with Crippen molar-refractivity contribution in [2.24, 2.45) is 11.3 Å². The van der Waals surface area contributed by atoms with Gasteiger partial charge in [-0.2, -0.15) is 0 Å². The first-order chi connectivity index (χ1) is 9.68. The van der Waals surface area contributed by atoms with Gasteiger partial charge in [-0.25, -0.2) is 13.1 Å². The average Bonchev–Trinajstić information content (AvgIpc) is 2.38. The number of nitrogens with one attached hydrogen (secondary N) is 1. The fourth-order valence-electron chi connectivity index (χ4n) is 2.62. The topological polar surface area (TPSA) is 46.2 Å². The molecule has 21 heavy (non-hydrogen) atoms. The number of rotatable bonds is 3. The molecule has 4 heteroatoms. The minimum atomic E-state index is -3.43. The highest BCUT2D eigenvalue weighted by molar-refractivity contribution is 7.89. The molecule has 0 radical (unpaired) electrons. The fraction of sp³-hybridized carbons (Fsp3) is 0.529. The van der Waals surface area contributed by atoms with Gasteiger partial charge in [0.15, 0.2) is 0 Å². The number of sulfonamides is 1. The summed E-state index contributed by atoms with van der Waals surface area (Å²) in [4.78, 5) is 0.333. The lowest BCUT2D eigenvalue weighted by Crippen LogP contribution is -2.36. The molecular weight excluding hydrogens is 282 g/mol. The maximum atomic E-state index is 12.3. The van der Waals surface area contributed by atoms with Gasteiger partial charge < -0.3 is 0 Å². The average molecular weight is 307 g/mol. The molecule has 0 bridgehead atoms. The Morgan fingerprint density at radius 2 is 1.67 bits per heavy atom. The maximum absolute atomic E-state index is 12.3. The van der Waals surface area contributed by atoms with Crippen molar-refractivity contribution in [1.29, 1.82) is 0 Å². The van der Waals surface area contributed by atoms with Crippen molar-refractivity contribution in [2.75, 3.05) is 0 Å². The van der Waals surface area contributed by atoms with E-state index >= 15 is 0 Å². The molecular formula is C17H25NO2S. The smallest absolute Gasteiger partial charge is 0.207 e. The predicted octanol–water partition coefficient (Wildman–Crippen LogP) is 3.65. The van der Waals surface area contributed by atoms with Crippen LogP contribution in [-0.4, -0.2) is 14.5 Å². The van der Waals surface area contributed by atoms with Gasteiger partial charge >= 0.3 is 0 Å². The van der Waals surface area contributed by atoms with E-state index in [0.29, 0.717) is 10.8 Å². The summed E-state index contributed by atoms with van der Waals surface area (Å²) in [5.41, 5.74) is 1.29. The summed E-state index contributed by atoms with van der Waals surface area (Å²) in [5.74, 6) is 0.512. The van der Waals surface area contributed by atoms with Crippen LogP contribution in [0.25, 0.3) is 0 Å². The lowest BCUT2D eigenvalue weighted by atomic mass is 9.75. The molecule has 0 amide bonds. The second-order valence-electron chi connectivity index (χ2n) is 6.98. The number of allylic oxidation sites excluding steroid dienone is 1. The Bertz CT molecular complexity index is 609. The zero-order valence-electron chi connectivity index (χ0n) is 13.3. The van der Waals surface area contributed by atoms with Crippen LogP contribution in [0, 0.1) is 18.3 Å². The minimum Gasteiger partial charge on any atom is -0.207 e. The second kappa shape index (κ2) is 5.93. The third-order valence-electron chi connectivity index (χ3n) is 4.11. The maximum Gasteiger partial charge on any atom is 0.241 e. The molecule has 3 nitrogen and oxygen atoms in total. The molecule has 1 aliphatic rings. The number of hydrogen-bond donors (Lipinski definition) is 1. The molecule has 0 spiro atoms. The Morgan fingerprint density at radius 1 is 1.05 bits per heavy atom. The molecule has 1 aromatic carbocycles. The highest BCUT2D eigenvalue weighted by atomic mass is 32.2. The molecule has 0 aliphatic heterocycles. The summed E-state index contributed by atoms with van der Waals surface area (Å²) in [6.45, 7) is 8.61. The molecule has 0 unspecified atom stereocenters. The summed E-state index contributed by atoms with van der Waals surface area (Å²) in [7, 11) is -3.43. The molecule has 1 aliphatic carbocycles. The molecule has 0 aromatic heterocycles. The number of hydrogen-bond acceptors (Lipinski definition) is 2. The van der Waals surface area contributed by atoms with Gasteiger partial charge in [-0.1, -0.05) is 50.6 Å². The van der Waals surface area contributed by atoms with E-state index < -0.39 is 10.0 Å². The van der Waals surface area contributed by atoms with Crippen LogP contribution in [0.2, 0.25) is 0 Å². The van der Waals surface area contributed by atoms with E-state index in [1.54, 1.807) is 12.1 Å². The molecule has 0 heterocycles. The lowest BCUT2D eigenvalue weighted by molar-refractivity contribution is 0.261. The highest BCUT2D eigenvalue weighted by Crippen LogP contribution is 2.34. The Hall–Kier alpha value is -1.13. The van der Waals surface area contributed by atoms with Crippen molar-refractivity contribution in [3.8, 4) is 0 Å². The van der Waals surface area contributed by atoms with Gasteiger partial charge in [-0.05, 0) is 43.2 Å². The molecule has 0 saturated heterocycles.